The molecule has 2 nitrogen and oxygen atoms in total. The maximum atomic E-state index is 6.11. The van der Waals surface area contributed by atoms with Gasteiger partial charge in [-0.05, 0) is 43.5 Å². The summed E-state index contributed by atoms with van der Waals surface area (Å²) in [7, 11) is 0. The molecule has 108 valence electrons. The lowest BCUT2D eigenvalue weighted by molar-refractivity contribution is 0.200. The van der Waals surface area contributed by atoms with Crippen molar-refractivity contribution in [3.8, 4) is 5.75 Å². The quantitative estimate of drug-likeness (QED) is 0.618. The van der Waals surface area contributed by atoms with Gasteiger partial charge in [-0.1, -0.05) is 22.9 Å². The Balaban J connectivity index is 2.22. The third kappa shape index (κ3) is 3.54. The van der Waals surface area contributed by atoms with Crippen LogP contribution in [0.5, 0.6) is 5.75 Å². The molecular formula is C15H17BrClNOS. The molecule has 0 radical (unpaired) electrons. The van der Waals surface area contributed by atoms with E-state index in [1.165, 1.54) is 11.1 Å². The first-order valence-corrected chi connectivity index (χ1v) is 8.69. The van der Waals surface area contributed by atoms with Gasteiger partial charge >= 0.3 is 0 Å². The monoisotopic (exact) mass is 373 g/mol. The molecule has 5 heteroatoms. The number of aromatic nitrogens is 1. The van der Waals surface area contributed by atoms with Crippen molar-refractivity contribution in [1.29, 1.82) is 0 Å². The lowest BCUT2D eigenvalue weighted by atomic mass is 10.1. The molecule has 1 atom stereocenters. The van der Waals surface area contributed by atoms with Crippen molar-refractivity contribution >= 4 is 38.9 Å². The standard InChI is InChI=1S/C15H17BrClNOS/c1-4-13(15-18-11(7-17)8-20-15)19-12-5-9(2)14(16)10(3)6-12/h5-6,8,13H,4,7H2,1-3H3. The molecule has 2 aromatic rings. The topological polar surface area (TPSA) is 22.1 Å². The van der Waals surface area contributed by atoms with Crippen molar-refractivity contribution in [2.24, 2.45) is 0 Å². The van der Waals surface area contributed by atoms with Crippen LogP contribution in [-0.4, -0.2) is 4.98 Å². The molecule has 0 saturated heterocycles. The van der Waals surface area contributed by atoms with E-state index >= 15 is 0 Å². The second kappa shape index (κ2) is 6.92. The largest absolute Gasteiger partial charge is 0.483 e. The highest BCUT2D eigenvalue weighted by atomic mass is 79.9. The van der Waals surface area contributed by atoms with Gasteiger partial charge in [-0.15, -0.1) is 22.9 Å². The number of ether oxygens (including phenoxy) is 1. The fourth-order valence-electron chi connectivity index (χ4n) is 1.98. The molecule has 1 aromatic carbocycles. The predicted octanol–water partition coefficient (Wildman–Crippen LogP) is 5.79. The van der Waals surface area contributed by atoms with Gasteiger partial charge in [0.2, 0.25) is 0 Å². The fraction of sp³-hybridized carbons (Fsp3) is 0.400. The van der Waals surface area contributed by atoms with Crippen LogP contribution in [0.3, 0.4) is 0 Å². The smallest absolute Gasteiger partial charge is 0.150 e. The Morgan fingerprint density at radius 1 is 1.35 bits per heavy atom. The van der Waals surface area contributed by atoms with E-state index in [-0.39, 0.29) is 6.10 Å². The van der Waals surface area contributed by atoms with Crippen molar-refractivity contribution in [1.82, 2.24) is 4.98 Å². The van der Waals surface area contributed by atoms with E-state index in [2.05, 4.69) is 53.8 Å². The molecule has 0 aliphatic carbocycles. The molecule has 0 saturated carbocycles. The SMILES string of the molecule is CCC(Oc1cc(C)c(Br)c(C)c1)c1nc(CCl)cs1. The number of benzene rings is 1. The Labute approximate surface area is 137 Å². The first-order valence-electron chi connectivity index (χ1n) is 6.48. The zero-order valence-electron chi connectivity index (χ0n) is 11.7. The van der Waals surface area contributed by atoms with Gasteiger partial charge in [-0.25, -0.2) is 4.98 Å². The Morgan fingerprint density at radius 2 is 2.00 bits per heavy atom. The van der Waals surface area contributed by atoms with E-state index < -0.39 is 0 Å². The van der Waals surface area contributed by atoms with Crippen molar-refractivity contribution in [2.45, 2.75) is 39.2 Å². The molecule has 0 amide bonds. The minimum atomic E-state index is -0.0167. The second-order valence-corrected chi connectivity index (χ2v) is 6.65. The Morgan fingerprint density at radius 3 is 2.50 bits per heavy atom. The minimum Gasteiger partial charge on any atom is -0.483 e. The third-order valence-corrected chi connectivity index (χ3v) is 5.55. The van der Waals surface area contributed by atoms with Gasteiger partial charge in [-0.2, -0.15) is 0 Å². The first kappa shape index (κ1) is 15.8. The Hall–Kier alpha value is -0.580. The molecule has 20 heavy (non-hydrogen) atoms. The van der Waals surface area contributed by atoms with Gasteiger partial charge in [0.15, 0.2) is 0 Å². The zero-order valence-corrected chi connectivity index (χ0v) is 14.9. The highest BCUT2D eigenvalue weighted by Crippen LogP contribution is 2.31. The number of thiazole rings is 1. The Bertz CT molecular complexity index is 576. The summed E-state index contributed by atoms with van der Waals surface area (Å²) in [6, 6.07) is 4.10. The number of alkyl halides is 1. The zero-order chi connectivity index (χ0) is 14.7. The van der Waals surface area contributed by atoms with Crippen molar-refractivity contribution in [2.75, 3.05) is 0 Å². The van der Waals surface area contributed by atoms with E-state index in [4.69, 9.17) is 16.3 Å². The van der Waals surface area contributed by atoms with Crippen LogP contribution >= 0.6 is 38.9 Å². The third-order valence-electron chi connectivity index (χ3n) is 3.04. The molecule has 0 bridgehead atoms. The summed E-state index contributed by atoms with van der Waals surface area (Å²) in [6.45, 7) is 6.24. The molecule has 1 aromatic heterocycles. The number of rotatable bonds is 5. The molecule has 0 fully saturated rings. The maximum absolute atomic E-state index is 6.11. The number of hydrogen-bond donors (Lipinski definition) is 0. The molecule has 0 N–H and O–H groups in total. The van der Waals surface area contributed by atoms with Gasteiger partial charge in [0, 0.05) is 9.85 Å². The van der Waals surface area contributed by atoms with Crippen LogP contribution in [0.2, 0.25) is 0 Å². The van der Waals surface area contributed by atoms with Gasteiger partial charge in [0.1, 0.15) is 16.9 Å². The minimum absolute atomic E-state index is 0.0167. The average Bonchev–Trinajstić information content (AvgIpc) is 2.90. The van der Waals surface area contributed by atoms with E-state index in [9.17, 15) is 0 Å². The van der Waals surface area contributed by atoms with Crippen LogP contribution in [0.4, 0.5) is 0 Å². The number of nitrogens with zero attached hydrogens (tertiary/aromatic N) is 1. The van der Waals surface area contributed by atoms with Crippen LogP contribution in [0.15, 0.2) is 22.0 Å². The molecule has 1 unspecified atom stereocenters. The van der Waals surface area contributed by atoms with E-state index in [1.807, 2.05) is 5.38 Å². The highest BCUT2D eigenvalue weighted by molar-refractivity contribution is 9.10. The first-order chi connectivity index (χ1) is 9.55. The lowest BCUT2D eigenvalue weighted by Gasteiger charge is -2.17. The molecule has 0 aliphatic rings. The maximum Gasteiger partial charge on any atom is 0.150 e. The number of hydrogen-bond acceptors (Lipinski definition) is 3. The second-order valence-electron chi connectivity index (χ2n) is 4.70. The van der Waals surface area contributed by atoms with Crippen LogP contribution < -0.4 is 4.74 Å². The molecule has 0 aliphatic heterocycles. The number of halogens is 2. The molecule has 1 heterocycles. The highest BCUT2D eigenvalue weighted by Gasteiger charge is 2.16. The summed E-state index contributed by atoms with van der Waals surface area (Å²) >= 11 is 11.0. The molecular weight excluding hydrogens is 358 g/mol. The summed E-state index contributed by atoms with van der Waals surface area (Å²) in [5, 5.41) is 2.98. The van der Waals surface area contributed by atoms with Crippen LogP contribution in [0, 0.1) is 13.8 Å². The van der Waals surface area contributed by atoms with E-state index in [0.29, 0.717) is 5.88 Å². The van der Waals surface area contributed by atoms with Crippen molar-refractivity contribution in [3.63, 3.8) is 0 Å². The summed E-state index contributed by atoms with van der Waals surface area (Å²) < 4.78 is 7.24. The molecule has 2 rings (SSSR count). The van der Waals surface area contributed by atoms with Crippen LogP contribution in [0.25, 0.3) is 0 Å². The summed E-state index contributed by atoms with van der Waals surface area (Å²) in [6.07, 6.45) is 0.862. The summed E-state index contributed by atoms with van der Waals surface area (Å²) in [5.74, 6) is 1.33. The van der Waals surface area contributed by atoms with Crippen LogP contribution in [-0.2, 0) is 5.88 Å². The van der Waals surface area contributed by atoms with Gasteiger partial charge in [0.05, 0.1) is 11.6 Å². The summed E-state index contributed by atoms with van der Waals surface area (Å²) in [4.78, 5) is 4.51. The molecule has 0 spiro atoms. The van der Waals surface area contributed by atoms with Crippen LogP contribution in [0.1, 0.15) is 41.3 Å². The van der Waals surface area contributed by atoms with Gasteiger partial charge in [-0.3, -0.25) is 0 Å². The van der Waals surface area contributed by atoms with E-state index in [0.717, 1.165) is 27.3 Å². The normalized spacial score (nSPS) is 12.4. The average molecular weight is 375 g/mol. The summed E-state index contributed by atoms with van der Waals surface area (Å²) in [5.41, 5.74) is 3.27. The van der Waals surface area contributed by atoms with Gasteiger partial charge < -0.3 is 4.74 Å². The van der Waals surface area contributed by atoms with Crippen molar-refractivity contribution < 1.29 is 4.74 Å². The van der Waals surface area contributed by atoms with E-state index in [1.54, 1.807) is 11.3 Å². The van der Waals surface area contributed by atoms with Crippen molar-refractivity contribution in [3.05, 3.63) is 43.8 Å². The Kier molecular flexibility index (Phi) is 5.47. The lowest BCUT2D eigenvalue weighted by Crippen LogP contribution is -2.06. The predicted molar refractivity (Wildman–Crippen MR) is 88.9 cm³/mol. The number of aryl methyl sites for hydroxylation is 2. The fourth-order valence-corrected chi connectivity index (χ4v) is 3.37. The van der Waals surface area contributed by atoms with Gasteiger partial charge in [0.25, 0.3) is 0 Å².